The van der Waals surface area contributed by atoms with E-state index in [4.69, 9.17) is 17.5 Å². The minimum Gasteiger partial charge on any atom is -0.726 e. The van der Waals surface area contributed by atoms with Gasteiger partial charge in [0.1, 0.15) is 5.70 Å². The molecule has 86 valence electrons. The van der Waals surface area contributed by atoms with E-state index in [2.05, 4.69) is 4.99 Å². The smallest absolute Gasteiger partial charge is 0.444 e. The number of rotatable bonds is 0. The van der Waals surface area contributed by atoms with E-state index in [1.165, 1.54) is 0 Å². The van der Waals surface area contributed by atoms with Crippen LogP contribution in [0.15, 0.2) is 16.3 Å². The van der Waals surface area contributed by atoms with Crippen LogP contribution in [-0.2, 0) is 10.4 Å². The zero-order valence-corrected chi connectivity index (χ0v) is 9.33. The van der Waals surface area contributed by atoms with E-state index < -0.39 is 10.4 Å². The van der Waals surface area contributed by atoms with E-state index in [-0.39, 0.29) is 6.03 Å². The predicted molar refractivity (Wildman–Crippen MR) is 51.1 cm³/mol. The fourth-order valence-electron chi connectivity index (χ4n) is 0.860. The van der Waals surface area contributed by atoms with Crippen LogP contribution in [0.3, 0.4) is 0 Å². The molecule has 0 saturated carbocycles. The summed E-state index contributed by atoms with van der Waals surface area (Å²) in [6.07, 6.45) is 0. The topological polar surface area (TPSA) is 123 Å². The number of nitrogens with zero attached hydrogens (tertiary/aromatic N) is 1. The van der Waals surface area contributed by atoms with Gasteiger partial charge in [0, 0.05) is 12.5 Å². The summed E-state index contributed by atoms with van der Waals surface area (Å²) in [5.74, 6) is 0. The molecule has 0 spiro atoms. The summed E-state index contributed by atoms with van der Waals surface area (Å²) < 4.78 is 32.8. The molecular weight excluding hydrogens is 224 g/mol. The van der Waals surface area contributed by atoms with Crippen LogP contribution < -0.4 is 5.32 Å². The van der Waals surface area contributed by atoms with Crippen molar-refractivity contribution in [3.8, 4) is 0 Å². The highest BCUT2D eigenvalue weighted by molar-refractivity contribution is 7.79. The maximum absolute atomic E-state index is 10.8. The lowest BCUT2D eigenvalue weighted by Gasteiger charge is -2.07. The van der Waals surface area contributed by atoms with Gasteiger partial charge in [-0.2, -0.15) is 4.99 Å². The summed E-state index contributed by atoms with van der Waals surface area (Å²) in [5.41, 5.74) is 2.97. The van der Waals surface area contributed by atoms with E-state index in [0.717, 1.165) is 17.0 Å². The number of carbonyl (C=O) groups excluding carboxylic acids is 1. The van der Waals surface area contributed by atoms with Gasteiger partial charge in [-0.05, 0) is 13.8 Å². The van der Waals surface area contributed by atoms with Crippen LogP contribution in [-0.4, -0.2) is 29.3 Å². The third kappa shape index (κ3) is 6.91. The lowest BCUT2D eigenvalue weighted by Crippen LogP contribution is -2.86. The molecule has 3 N–H and O–H groups in total. The quantitative estimate of drug-likeness (QED) is 0.431. The molecule has 8 heteroatoms. The number of quaternary nitrogens is 1. The molecule has 0 saturated heterocycles. The van der Waals surface area contributed by atoms with Gasteiger partial charge in [0.05, 0.1) is 5.71 Å². The average molecular weight is 236 g/mol. The second-order valence-corrected chi connectivity index (χ2v) is 3.77. The number of urea groups is 1. The fraction of sp³-hybridized carbons (Fsp3) is 0.429. The van der Waals surface area contributed by atoms with Crippen molar-refractivity contribution in [2.24, 2.45) is 4.99 Å². The number of amides is 2. The molecule has 0 aromatic heterocycles. The van der Waals surface area contributed by atoms with Gasteiger partial charge in [-0.25, -0.2) is 18.5 Å². The van der Waals surface area contributed by atoms with Crippen LogP contribution in [0.4, 0.5) is 4.79 Å². The van der Waals surface area contributed by atoms with Crippen molar-refractivity contribution in [1.29, 1.82) is 0 Å². The van der Waals surface area contributed by atoms with Crippen molar-refractivity contribution >= 4 is 22.1 Å². The molecule has 2 amide bonds. The Morgan fingerprint density at radius 1 is 1.33 bits per heavy atom. The highest BCUT2D eigenvalue weighted by Crippen LogP contribution is 2.02. The lowest BCUT2D eigenvalue weighted by atomic mass is 10.1. The Morgan fingerprint density at radius 2 is 1.73 bits per heavy atom. The summed E-state index contributed by atoms with van der Waals surface area (Å²) in [4.78, 5) is 14.5. The van der Waals surface area contributed by atoms with E-state index in [0.29, 0.717) is 0 Å². The highest BCUT2D eigenvalue weighted by atomic mass is 32.3. The molecule has 1 aliphatic rings. The lowest BCUT2D eigenvalue weighted by molar-refractivity contribution is -0.501. The molecule has 0 aromatic carbocycles. The van der Waals surface area contributed by atoms with Crippen LogP contribution in [0.25, 0.3) is 0 Å². The standard InChI is InChI=1S/C7H10N2O.H2O4S/c1-4-5(2)8-7(10)9-6(4)3;1-5(2,3)4/h1-3H3,(H,8,9,10);(H2,1,2,3,4). The summed E-state index contributed by atoms with van der Waals surface area (Å²) >= 11 is 0. The Kier molecular flexibility index (Phi) is 4.75. The van der Waals surface area contributed by atoms with Gasteiger partial charge in [0.2, 0.25) is 10.4 Å². The SMILES string of the molecule is CC1=NC(=O)[NH2+]C(C)=C1C.O=S(=O)([O-])O. The summed E-state index contributed by atoms with van der Waals surface area (Å²) in [6, 6.07) is -0.138. The van der Waals surface area contributed by atoms with Crippen LogP contribution in [0.2, 0.25) is 0 Å². The third-order valence-corrected chi connectivity index (χ3v) is 1.75. The Bertz CT molecular complexity index is 407. The maximum Gasteiger partial charge on any atom is 0.444 e. The monoisotopic (exact) mass is 236 g/mol. The van der Waals surface area contributed by atoms with Crippen molar-refractivity contribution < 1.29 is 27.6 Å². The molecule has 0 aliphatic carbocycles. The van der Waals surface area contributed by atoms with E-state index in [1.807, 2.05) is 20.8 Å². The highest BCUT2D eigenvalue weighted by Gasteiger charge is 2.16. The molecule has 1 heterocycles. The molecule has 0 bridgehead atoms. The van der Waals surface area contributed by atoms with Gasteiger partial charge in [-0.1, -0.05) is 0 Å². The van der Waals surface area contributed by atoms with Crippen LogP contribution >= 0.6 is 0 Å². The molecular formula is C7H12N2O5S. The Labute approximate surface area is 87.5 Å². The van der Waals surface area contributed by atoms with Crippen molar-refractivity contribution in [1.82, 2.24) is 0 Å². The largest absolute Gasteiger partial charge is 0.726 e. The van der Waals surface area contributed by atoms with Gasteiger partial charge in [0.15, 0.2) is 0 Å². The van der Waals surface area contributed by atoms with Crippen LogP contribution in [0.5, 0.6) is 0 Å². The van der Waals surface area contributed by atoms with Gasteiger partial charge in [-0.15, -0.1) is 0 Å². The van der Waals surface area contributed by atoms with Gasteiger partial charge in [0.25, 0.3) is 0 Å². The average Bonchev–Trinajstić information content (AvgIpc) is 1.96. The van der Waals surface area contributed by atoms with Crippen LogP contribution in [0, 0.1) is 0 Å². The Morgan fingerprint density at radius 3 is 2.07 bits per heavy atom. The van der Waals surface area contributed by atoms with Crippen molar-refractivity contribution in [2.45, 2.75) is 20.8 Å². The maximum atomic E-state index is 10.8. The summed E-state index contributed by atoms with van der Waals surface area (Å²) in [6.45, 7) is 5.74. The van der Waals surface area contributed by atoms with Crippen molar-refractivity contribution in [3.63, 3.8) is 0 Å². The van der Waals surface area contributed by atoms with Gasteiger partial charge in [-0.3, -0.25) is 4.55 Å². The molecule has 15 heavy (non-hydrogen) atoms. The van der Waals surface area contributed by atoms with E-state index >= 15 is 0 Å². The first kappa shape index (κ1) is 13.9. The zero-order valence-electron chi connectivity index (χ0n) is 8.51. The first-order valence-corrected chi connectivity index (χ1v) is 5.28. The van der Waals surface area contributed by atoms with Gasteiger partial charge >= 0.3 is 6.03 Å². The Balaban J connectivity index is 0.000000336. The fourth-order valence-corrected chi connectivity index (χ4v) is 0.860. The van der Waals surface area contributed by atoms with E-state index in [9.17, 15) is 4.79 Å². The molecule has 0 fully saturated rings. The molecule has 0 aromatic rings. The van der Waals surface area contributed by atoms with Gasteiger partial charge < -0.3 is 4.55 Å². The number of aliphatic imine (C=N–C) groups is 1. The first-order chi connectivity index (χ1) is 6.61. The molecule has 1 rings (SSSR count). The number of nitrogens with two attached hydrogens (primary N) is 1. The molecule has 0 unspecified atom stereocenters. The second kappa shape index (κ2) is 5.12. The third-order valence-electron chi connectivity index (χ3n) is 1.75. The number of allylic oxidation sites excluding steroid dienone is 2. The molecule has 0 radical (unpaired) electrons. The number of primary amides is 1. The van der Waals surface area contributed by atoms with Crippen molar-refractivity contribution in [2.75, 3.05) is 0 Å². The van der Waals surface area contributed by atoms with E-state index in [1.54, 1.807) is 5.32 Å². The Hall–Kier alpha value is -1.09. The number of hydrogen-bond acceptors (Lipinski definition) is 4. The normalized spacial score (nSPS) is 16.9. The second-order valence-electron chi connectivity index (χ2n) is 2.92. The molecule has 7 nitrogen and oxygen atoms in total. The predicted octanol–water partition coefficient (Wildman–Crippen LogP) is -0.557. The molecule has 0 atom stereocenters. The first-order valence-electron chi connectivity index (χ1n) is 3.91. The van der Waals surface area contributed by atoms with Crippen LogP contribution in [0.1, 0.15) is 20.8 Å². The summed E-state index contributed by atoms with van der Waals surface area (Å²) in [7, 11) is -4.92. The number of carbonyl (C=O) groups is 1. The molecule has 1 aliphatic heterocycles. The minimum absolute atomic E-state index is 0.138. The zero-order chi connectivity index (χ0) is 12.2. The number of hydrogen-bond donors (Lipinski definition) is 2. The minimum atomic E-state index is -4.92. The van der Waals surface area contributed by atoms with Crippen molar-refractivity contribution in [3.05, 3.63) is 11.3 Å². The summed E-state index contributed by atoms with van der Waals surface area (Å²) in [5, 5.41) is 1.56.